The molecule has 160 valence electrons. The van der Waals surface area contributed by atoms with Crippen molar-refractivity contribution in [3.05, 3.63) is 59.2 Å². The SMILES string of the molecule is COc1ccc(OC)c([C@H]2CN(C(=O)c3ccc(C)cc3)C[C@@H]2C(=O)NC(C)C)c1. The molecule has 2 amide bonds. The number of aryl methyl sites for hydroxylation is 1. The van der Waals surface area contributed by atoms with Crippen molar-refractivity contribution in [2.75, 3.05) is 27.3 Å². The topological polar surface area (TPSA) is 67.9 Å². The van der Waals surface area contributed by atoms with E-state index in [1.807, 2.05) is 63.2 Å². The fourth-order valence-corrected chi connectivity index (χ4v) is 3.95. The van der Waals surface area contributed by atoms with E-state index in [0.29, 0.717) is 30.2 Å². The average Bonchev–Trinajstić information content (AvgIpc) is 3.18. The molecule has 0 radical (unpaired) electrons. The number of benzene rings is 2. The maximum absolute atomic E-state index is 13.1. The summed E-state index contributed by atoms with van der Waals surface area (Å²) in [6.07, 6.45) is 0. The normalized spacial score (nSPS) is 18.4. The van der Waals surface area contributed by atoms with Crippen LogP contribution in [-0.2, 0) is 4.79 Å². The van der Waals surface area contributed by atoms with Gasteiger partial charge in [0.1, 0.15) is 11.5 Å². The van der Waals surface area contributed by atoms with Gasteiger partial charge in [-0.2, -0.15) is 0 Å². The van der Waals surface area contributed by atoms with Gasteiger partial charge in [0.25, 0.3) is 5.91 Å². The van der Waals surface area contributed by atoms with Crippen LogP contribution in [0, 0.1) is 12.8 Å². The predicted octanol–water partition coefficient (Wildman–Crippen LogP) is 3.39. The van der Waals surface area contributed by atoms with E-state index >= 15 is 0 Å². The zero-order chi connectivity index (χ0) is 21.8. The van der Waals surface area contributed by atoms with Crippen LogP contribution in [0.25, 0.3) is 0 Å². The van der Waals surface area contributed by atoms with Crippen LogP contribution in [0.2, 0.25) is 0 Å². The number of carbonyl (C=O) groups is 2. The Bertz CT molecular complexity index is 908. The second-order valence-electron chi connectivity index (χ2n) is 8.06. The van der Waals surface area contributed by atoms with Crippen molar-refractivity contribution in [2.45, 2.75) is 32.7 Å². The van der Waals surface area contributed by atoms with Crippen LogP contribution in [0.15, 0.2) is 42.5 Å². The van der Waals surface area contributed by atoms with Gasteiger partial charge in [0.05, 0.1) is 20.1 Å². The molecule has 30 heavy (non-hydrogen) atoms. The highest BCUT2D eigenvalue weighted by molar-refractivity contribution is 5.95. The average molecular weight is 411 g/mol. The molecule has 1 aliphatic heterocycles. The van der Waals surface area contributed by atoms with Crippen LogP contribution in [0.1, 0.15) is 41.3 Å². The predicted molar refractivity (Wildman–Crippen MR) is 116 cm³/mol. The summed E-state index contributed by atoms with van der Waals surface area (Å²) in [5.41, 5.74) is 2.60. The fraction of sp³-hybridized carbons (Fsp3) is 0.417. The molecule has 6 heteroatoms. The van der Waals surface area contributed by atoms with Crippen molar-refractivity contribution in [1.82, 2.24) is 10.2 Å². The van der Waals surface area contributed by atoms with Crippen molar-refractivity contribution < 1.29 is 19.1 Å². The fourth-order valence-electron chi connectivity index (χ4n) is 3.95. The molecule has 0 aromatic heterocycles. The third kappa shape index (κ3) is 4.58. The highest BCUT2D eigenvalue weighted by Gasteiger charge is 2.42. The number of hydrogen-bond acceptors (Lipinski definition) is 4. The van der Waals surface area contributed by atoms with Crippen LogP contribution in [-0.4, -0.2) is 50.1 Å². The number of rotatable bonds is 6. The van der Waals surface area contributed by atoms with Gasteiger partial charge in [0.15, 0.2) is 0 Å². The first-order valence-electron chi connectivity index (χ1n) is 10.2. The minimum absolute atomic E-state index is 0.0206. The van der Waals surface area contributed by atoms with Gasteiger partial charge >= 0.3 is 0 Å². The number of ether oxygens (including phenoxy) is 2. The Labute approximate surface area is 178 Å². The lowest BCUT2D eigenvalue weighted by Gasteiger charge is -2.22. The largest absolute Gasteiger partial charge is 0.497 e. The van der Waals surface area contributed by atoms with E-state index in [2.05, 4.69) is 5.32 Å². The van der Waals surface area contributed by atoms with Crippen molar-refractivity contribution in [1.29, 1.82) is 0 Å². The van der Waals surface area contributed by atoms with Crippen LogP contribution < -0.4 is 14.8 Å². The first kappa shape index (κ1) is 21.7. The maximum atomic E-state index is 13.1. The monoisotopic (exact) mass is 410 g/mol. The Morgan fingerprint density at radius 1 is 1.03 bits per heavy atom. The lowest BCUT2D eigenvalue weighted by Crippen LogP contribution is -2.39. The summed E-state index contributed by atoms with van der Waals surface area (Å²) >= 11 is 0. The number of nitrogens with one attached hydrogen (secondary N) is 1. The third-order valence-electron chi connectivity index (χ3n) is 5.51. The van der Waals surface area contributed by atoms with Crippen LogP contribution in [0.4, 0.5) is 0 Å². The first-order chi connectivity index (χ1) is 14.3. The zero-order valence-electron chi connectivity index (χ0n) is 18.3. The summed E-state index contributed by atoms with van der Waals surface area (Å²) in [6.45, 7) is 6.65. The van der Waals surface area contributed by atoms with Crippen LogP contribution in [0.5, 0.6) is 11.5 Å². The number of amides is 2. The smallest absolute Gasteiger partial charge is 0.253 e. The molecule has 0 saturated carbocycles. The molecule has 0 spiro atoms. The van der Waals surface area contributed by atoms with E-state index in [1.54, 1.807) is 19.1 Å². The second-order valence-corrected chi connectivity index (χ2v) is 8.06. The van der Waals surface area contributed by atoms with Crippen molar-refractivity contribution in [2.24, 2.45) is 5.92 Å². The molecule has 0 aliphatic carbocycles. The number of methoxy groups -OCH3 is 2. The molecule has 2 aromatic rings. The molecular formula is C24H30N2O4. The zero-order valence-corrected chi connectivity index (χ0v) is 18.3. The van der Waals surface area contributed by atoms with E-state index in [0.717, 1.165) is 11.1 Å². The minimum Gasteiger partial charge on any atom is -0.497 e. The van der Waals surface area contributed by atoms with Crippen molar-refractivity contribution >= 4 is 11.8 Å². The molecule has 2 atom stereocenters. The highest BCUT2D eigenvalue weighted by atomic mass is 16.5. The summed E-state index contributed by atoms with van der Waals surface area (Å²) in [6, 6.07) is 13.1. The lowest BCUT2D eigenvalue weighted by atomic mass is 9.87. The van der Waals surface area contributed by atoms with Crippen molar-refractivity contribution in [3.63, 3.8) is 0 Å². The lowest BCUT2D eigenvalue weighted by molar-refractivity contribution is -0.125. The molecule has 0 unspecified atom stereocenters. The highest BCUT2D eigenvalue weighted by Crippen LogP contribution is 2.40. The summed E-state index contributed by atoms with van der Waals surface area (Å²) in [5.74, 6) is 0.691. The molecular weight excluding hydrogens is 380 g/mol. The van der Waals surface area contributed by atoms with E-state index in [1.165, 1.54) is 0 Å². The summed E-state index contributed by atoms with van der Waals surface area (Å²) in [7, 11) is 3.22. The number of carbonyl (C=O) groups excluding carboxylic acids is 2. The Hall–Kier alpha value is -3.02. The molecule has 1 heterocycles. The van der Waals surface area contributed by atoms with Gasteiger partial charge in [0, 0.05) is 36.2 Å². The summed E-state index contributed by atoms with van der Waals surface area (Å²) in [5, 5.41) is 3.01. The van der Waals surface area contributed by atoms with Gasteiger partial charge in [-0.05, 0) is 51.1 Å². The van der Waals surface area contributed by atoms with E-state index in [-0.39, 0.29) is 29.7 Å². The molecule has 1 saturated heterocycles. The Balaban J connectivity index is 1.96. The first-order valence-corrected chi connectivity index (χ1v) is 10.2. The standard InChI is InChI=1S/C24H30N2O4/c1-15(2)25-23(27)21-14-26(24(28)17-8-6-16(3)7-9-17)13-20(21)19-12-18(29-4)10-11-22(19)30-5/h6-12,15,20-21H,13-14H2,1-5H3,(H,25,27)/t20-,21+/m1/s1. The molecule has 1 N–H and O–H groups in total. The molecule has 0 bridgehead atoms. The molecule has 2 aromatic carbocycles. The third-order valence-corrected chi connectivity index (χ3v) is 5.51. The minimum atomic E-state index is -0.372. The Morgan fingerprint density at radius 2 is 1.73 bits per heavy atom. The van der Waals surface area contributed by atoms with E-state index < -0.39 is 0 Å². The van der Waals surface area contributed by atoms with Crippen LogP contribution in [0.3, 0.4) is 0 Å². The summed E-state index contributed by atoms with van der Waals surface area (Å²) in [4.78, 5) is 27.9. The van der Waals surface area contributed by atoms with Crippen LogP contribution >= 0.6 is 0 Å². The molecule has 6 nitrogen and oxygen atoms in total. The van der Waals surface area contributed by atoms with Gasteiger partial charge in [0.2, 0.25) is 5.91 Å². The Morgan fingerprint density at radius 3 is 2.33 bits per heavy atom. The quantitative estimate of drug-likeness (QED) is 0.793. The maximum Gasteiger partial charge on any atom is 0.253 e. The number of nitrogens with zero attached hydrogens (tertiary/aromatic N) is 1. The van der Waals surface area contributed by atoms with E-state index in [9.17, 15) is 9.59 Å². The Kier molecular flexibility index (Phi) is 6.65. The summed E-state index contributed by atoms with van der Waals surface area (Å²) < 4.78 is 11.0. The van der Waals surface area contributed by atoms with Gasteiger partial charge < -0.3 is 19.7 Å². The van der Waals surface area contributed by atoms with Gasteiger partial charge in [-0.1, -0.05) is 17.7 Å². The van der Waals surface area contributed by atoms with Gasteiger partial charge in [-0.25, -0.2) is 0 Å². The molecule has 1 fully saturated rings. The number of hydrogen-bond donors (Lipinski definition) is 1. The van der Waals surface area contributed by atoms with Gasteiger partial charge in [-0.3, -0.25) is 9.59 Å². The molecule has 3 rings (SSSR count). The second kappa shape index (κ2) is 9.20. The number of likely N-dealkylation sites (tertiary alicyclic amines) is 1. The van der Waals surface area contributed by atoms with E-state index in [4.69, 9.17) is 9.47 Å². The molecule has 1 aliphatic rings. The van der Waals surface area contributed by atoms with Gasteiger partial charge in [-0.15, -0.1) is 0 Å². The van der Waals surface area contributed by atoms with Crippen molar-refractivity contribution in [3.8, 4) is 11.5 Å².